The van der Waals surface area contributed by atoms with Gasteiger partial charge < -0.3 is 16.0 Å². The average molecular weight is 480 g/mol. The number of amides is 2. The van der Waals surface area contributed by atoms with Gasteiger partial charge in [-0.15, -0.1) is 0 Å². The van der Waals surface area contributed by atoms with E-state index in [9.17, 15) is 18.0 Å². The molecule has 3 aromatic rings. The van der Waals surface area contributed by atoms with Gasteiger partial charge >= 0.3 is 0 Å². The third-order valence-corrected chi connectivity index (χ3v) is 6.81. The Hall–Kier alpha value is -3.65. The Morgan fingerprint density at radius 1 is 0.824 bits per heavy atom. The summed E-state index contributed by atoms with van der Waals surface area (Å²) in [7, 11) is -3.33. The molecule has 0 aliphatic rings. The minimum atomic E-state index is -3.33. The summed E-state index contributed by atoms with van der Waals surface area (Å²) in [6.45, 7) is 3.99. The molecule has 0 fully saturated rings. The molecule has 3 aromatic carbocycles. The van der Waals surface area contributed by atoms with Gasteiger partial charge in [-0.2, -0.15) is 0 Å². The summed E-state index contributed by atoms with van der Waals surface area (Å²) < 4.78 is 23.8. The second kappa shape index (κ2) is 11.0. The van der Waals surface area contributed by atoms with E-state index in [1.807, 2.05) is 30.3 Å². The van der Waals surface area contributed by atoms with E-state index in [-0.39, 0.29) is 23.3 Å². The van der Waals surface area contributed by atoms with Gasteiger partial charge in [-0.3, -0.25) is 9.59 Å². The molecule has 8 heteroatoms. The number of anilines is 2. The van der Waals surface area contributed by atoms with Gasteiger partial charge in [-0.1, -0.05) is 42.5 Å². The third-order valence-electron chi connectivity index (χ3n) is 5.56. The van der Waals surface area contributed by atoms with E-state index < -0.39 is 9.84 Å². The molecule has 7 nitrogen and oxygen atoms in total. The average Bonchev–Trinajstić information content (AvgIpc) is 2.80. The van der Waals surface area contributed by atoms with Gasteiger partial charge in [-0.05, 0) is 61.2 Å². The van der Waals surface area contributed by atoms with Gasteiger partial charge in [0.25, 0.3) is 5.91 Å². The first kappa shape index (κ1) is 25.0. The van der Waals surface area contributed by atoms with Crippen molar-refractivity contribution in [3.8, 4) is 0 Å². The Balaban J connectivity index is 1.60. The summed E-state index contributed by atoms with van der Waals surface area (Å²) in [5.41, 5.74) is 4.01. The van der Waals surface area contributed by atoms with Crippen LogP contribution < -0.4 is 16.0 Å². The zero-order valence-electron chi connectivity index (χ0n) is 19.5. The highest BCUT2D eigenvalue weighted by Crippen LogP contribution is 2.25. The lowest BCUT2D eigenvalue weighted by molar-refractivity contribution is -0.114. The largest absolute Gasteiger partial charge is 0.376 e. The number of para-hydroxylation sites is 1. The maximum Gasteiger partial charge on any atom is 0.253 e. The molecule has 0 atom stereocenters. The van der Waals surface area contributed by atoms with Crippen LogP contribution in [0.2, 0.25) is 0 Å². The topological polar surface area (TPSA) is 104 Å². The number of nitrogens with one attached hydrogen (secondary N) is 3. The lowest BCUT2D eigenvalue weighted by atomic mass is 10.1. The fourth-order valence-electron chi connectivity index (χ4n) is 3.61. The van der Waals surface area contributed by atoms with Crippen LogP contribution in [0.25, 0.3) is 0 Å². The first-order valence-electron chi connectivity index (χ1n) is 10.9. The molecule has 0 aliphatic carbocycles. The maximum atomic E-state index is 12.7. The number of rotatable bonds is 9. The smallest absolute Gasteiger partial charge is 0.253 e. The highest BCUT2D eigenvalue weighted by atomic mass is 32.2. The quantitative estimate of drug-likeness (QED) is 0.434. The molecule has 3 N–H and O–H groups in total. The summed E-state index contributed by atoms with van der Waals surface area (Å²) in [5, 5.41) is 8.72. The molecule has 0 radical (unpaired) electrons. The first-order chi connectivity index (χ1) is 16.2. The van der Waals surface area contributed by atoms with Crippen LogP contribution in [0, 0.1) is 13.8 Å². The van der Waals surface area contributed by atoms with Crippen molar-refractivity contribution in [3.05, 3.63) is 89.0 Å². The summed E-state index contributed by atoms with van der Waals surface area (Å²) in [6.07, 6.45) is 1.88. The van der Waals surface area contributed by atoms with Gasteiger partial charge in [0.2, 0.25) is 5.91 Å². The molecule has 178 valence electrons. The van der Waals surface area contributed by atoms with Crippen LogP contribution in [0.5, 0.6) is 0 Å². The number of carbonyl (C=O) groups excluding carboxylic acids is 2. The van der Waals surface area contributed by atoms with Crippen molar-refractivity contribution in [2.45, 2.75) is 25.2 Å². The van der Waals surface area contributed by atoms with E-state index in [0.29, 0.717) is 35.5 Å². The highest BCUT2D eigenvalue weighted by Gasteiger charge is 2.16. The van der Waals surface area contributed by atoms with Gasteiger partial charge in [0.15, 0.2) is 9.84 Å². The van der Waals surface area contributed by atoms with Crippen molar-refractivity contribution in [3.63, 3.8) is 0 Å². The van der Waals surface area contributed by atoms with Crippen LogP contribution >= 0.6 is 0 Å². The van der Waals surface area contributed by atoms with Crippen molar-refractivity contribution in [2.24, 2.45) is 0 Å². The van der Waals surface area contributed by atoms with Crippen LogP contribution in [0.1, 0.15) is 27.0 Å². The zero-order chi connectivity index (χ0) is 24.7. The predicted molar refractivity (Wildman–Crippen MR) is 135 cm³/mol. The number of benzene rings is 3. The van der Waals surface area contributed by atoms with Gasteiger partial charge in [0.1, 0.15) is 0 Å². The van der Waals surface area contributed by atoms with Gasteiger partial charge in [-0.25, -0.2) is 8.42 Å². The molecular formula is C26H29N3O4S. The van der Waals surface area contributed by atoms with Crippen molar-refractivity contribution in [1.82, 2.24) is 5.32 Å². The molecule has 2 amide bonds. The summed E-state index contributed by atoms with van der Waals surface area (Å²) in [5.74, 6) is -0.587. The van der Waals surface area contributed by atoms with Crippen LogP contribution in [-0.2, 0) is 21.1 Å². The van der Waals surface area contributed by atoms with E-state index >= 15 is 0 Å². The fourth-order valence-corrected chi connectivity index (χ4v) is 4.63. The molecule has 0 unspecified atom stereocenters. The Kier molecular flexibility index (Phi) is 8.07. The predicted octanol–water partition coefficient (Wildman–Crippen LogP) is 3.73. The molecule has 0 saturated carbocycles. The van der Waals surface area contributed by atoms with Crippen molar-refractivity contribution in [2.75, 3.05) is 30.0 Å². The normalized spacial score (nSPS) is 11.0. The Bertz CT molecular complexity index is 1290. The molecule has 0 spiro atoms. The SMILES string of the molecule is Cc1c(NCC(=O)Nc2ccccc2C(=O)NCCc2ccccc2)ccc(S(C)(=O)=O)c1C. The monoisotopic (exact) mass is 479 g/mol. The van der Waals surface area contributed by atoms with Crippen molar-refractivity contribution in [1.29, 1.82) is 0 Å². The fraction of sp³-hybridized carbons (Fsp3) is 0.231. The lowest BCUT2D eigenvalue weighted by Crippen LogP contribution is -2.28. The molecule has 0 bridgehead atoms. The van der Waals surface area contributed by atoms with E-state index in [4.69, 9.17) is 0 Å². The van der Waals surface area contributed by atoms with E-state index in [1.54, 1.807) is 44.2 Å². The number of carbonyl (C=O) groups is 2. The molecular weight excluding hydrogens is 450 g/mol. The van der Waals surface area contributed by atoms with E-state index in [2.05, 4.69) is 16.0 Å². The summed E-state index contributed by atoms with van der Waals surface area (Å²) in [6, 6.07) is 19.9. The minimum absolute atomic E-state index is 0.0392. The summed E-state index contributed by atoms with van der Waals surface area (Å²) >= 11 is 0. The van der Waals surface area contributed by atoms with Crippen molar-refractivity contribution >= 4 is 33.0 Å². The zero-order valence-corrected chi connectivity index (χ0v) is 20.3. The second-order valence-electron chi connectivity index (χ2n) is 8.07. The molecule has 0 heterocycles. The van der Waals surface area contributed by atoms with E-state index in [1.165, 1.54) is 12.3 Å². The Morgan fingerprint density at radius 3 is 2.21 bits per heavy atom. The Labute approximate surface area is 200 Å². The van der Waals surface area contributed by atoms with Gasteiger partial charge in [0, 0.05) is 18.5 Å². The second-order valence-corrected chi connectivity index (χ2v) is 10.1. The molecule has 34 heavy (non-hydrogen) atoms. The number of hydrogen-bond acceptors (Lipinski definition) is 5. The number of sulfone groups is 1. The molecule has 0 aromatic heterocycles. The van der Waals surface area contributed by atoms with Crippen LogP contribution in [0.3, 0.4) is 0 Å². The maximum absolute atomic E-state index is 12.7. The lowest BCUT2D eigenvalue weighted by Gasteiger charge is -2.15. The highest BCUT2D eigenvalue weighted by molar-refractivity contribution is 7.90. The third kappa shape index (κ3) is 6.45. The van der Waals surface area contributed by atoms with Gasteiger partial charge in [0.05, 0.1) is 22.7 Å². The standard InChI is InChI=1S/C26H29N3O4S/c1-18-19(2)24(34(3,32)33)14-13-22(18)28-17-25(30)29-23-12-8-7-11-21(23)26(31)27-16-15-20-9-5-4-6-10-20/h4-14,28H,15-17H2,1-3H3,(H,27,31)(H,29,30). The van der Waals surface area contributed by atoms with Crippen LogP contribution in [0.4, 0.5) is 11.4 Å². The number of hydrogen-bond donors (Lipinski definition) is 3. The Morgan fingerprint density at radius 2 is 1.50 bits per heavy atom. The van der Waals surface area contributed by atoms with Crippen LogP contribution in [-0.4, -0.2) is 39.6 Å². The summed E-state index contributed by atoms with van der Waals surface area (Å²) in [4.78, 5) is 25.5. The minimum Gasteiger partial charge on any atom is -0.376 e. The van der Waals surface area contributed by atoms with Crippen LogP contribution in [0.15, 0.2) is 71.6 Å². The van der Waals surface area contributed by atoms with Crippen molar-refractivity contribution < 1.29 is 18.0 Å². The first-order valence-corrected chi connectivity index (χ1v) is 12.8. The molecule has 3 rings (SSSR count). The molecule has 0 aliphatic heterocycles. The molecule has 0 saturated heterocycles. The van der Waals surface area contributed by atoms with E-state index in [0.717, 1.165) is 11.1 Å².